The lowest BCUT2D eigenvalue weighted by molar-refractivity contribution is 0.257. The van der Waals surface area contributed by atoms with Crippen LogP contribution in [-0.2, 0) is 10.0 Å². The monoisotopic (exact) mass is 316 g/mol. The Morgan fingerprint density at radius 2 is 1.90 bits per heavy atom. The highest BCUT2D eigenvalue weighted by Crippen LogP contribution is 2.26. The Morgan fingerprint density at radius 1 is 1.30 bits per heavy atom. The molecule has 0 amide bonds. The van der Waals surface area contributed by atoms with Crippen LogP contribution in [0, 0.1) is 0 Å². The maximum absolute atomic E-state index is 12.3. The normalized spacial score (nSPS) is 12.8. The molecule has 20 heavy (non-hydrogen) atoms. The summed E-state index contributed by atoms with van der Waals surface area (Å²) in [5.74, 6) is 0.618. The molecule has 0 saturated carbocycles. The molecule has 0 aliphatic heterocycles. The van der Waals surface area contributed by atoms with E-state index in [9.17, 15) is 8.42 Å². The van der Waals surface area contributed by atoms with Gasteiger partial charge in [0.1, 0.15) is 0 Å². The predicted octanol–water partition coefficient (Wildman–Crippen LogP) is 2.81. The van der Waals surface area contributed by atoms with E-state index < -0.39 is 10.0 Å². The molecule has 4 nitrogen and oxygen atoms in total. The van der Waals surface area contributed by atoms with Gasteiger partial charge in [0, 0.05) is 28.9 Å². The maximum atomic E-state index is 12.3. The van der Waals surface area contributed by atoms with Crippen molar-refractivity contribution in [3.63, 3.8) is 0 Å². The second-order valence-corrected chi connectivity index (χ2v) is 8.59. The van der Waals surface area contributed by atoms with E-state index in [1.54, 1.807) is 7.05 Å². The zero-order valence-electron chi connectivity index (χ0n) is 12.6. The van der Waals surface area contributed by atoms with Crippen LogP contribution < -0.4 is 5.73 Å². The number of thioether (sulfide) groups is 1. The van der Waals surface area contributed by atoms with Gasteiger partial charge < -0.3 is 5.73 Å². The van der Waals surface area contributed by atoms with E-state index in [2.05, 4.69) is 0 Å². The lowest BCUT2D eigenvalue weighted by Crippen LogP contribution is -2.45. The van der Waals surface area contributed by atoms with Gasteiger partial charge in [0.2, 0.25) is 10.0 Å². The highest BCUT2D eigenvalue weighted by Gasteiger charge is 2.30. The summed E-state index contributed by atoms with van der Waals surface area (Å²) < 4.78 is 26.1. The molecule has 0 bridgehead atoms. The first-order valence-electron chi connectivity index (χ1n) is 6.64. The van der Waals surface area contributed by atoms with Crippen molar-refractivity contribution < 1.29 is 8.42 Å². The van der Waals surface area contributed by atoms with E-state index in [1.807, 2.05) is 45.0 Å². The smallest absolute Gasteiger partial charge is 0.215 e. The van der Waals surface area contributed by atoms with Gasteiger partial charge in [0.15, 0.2) is 0 Å². The number of hydrogen-bond donors (Lipinski definition) is 1. The van der Waals surface area contributed by atoms with Crippen molar-refractivity contribution in [3.05, 3.63) is 24.3 Å². The second-order valence-electron chi connectivity index (χ2n) is 5.34. The Hall–Kier alpha value is -0.720. The van der Waals surface area contributed by atoms with E-state index in [4.69, 9.17) is 5.73 Å². The number of nitrogen functional groups attached to an aromatic ring is 1. The number of rotatable bonds is 7. The van der Waals surface area contributed by atoms with Gasteiger partial charge in [-0.25, -0.2) is 8.42 Å². The summed E-state index contributed by atoms with van der Waals surface area (Å²) in [6.07, 6.45) is 0.779. The van der Waals surface area contributed by atoms with Crippen LogP contribution in [0.25, 0.3) is 0 Å². The molecule has 114 valence electrons. The molecule has 0 heterocycles. The van der Waals surface area contributed by atoms with Crippen molar-refractivity contribution in [2.24, 2.45) is 0 Å². The van der Waals surface area contributed by atoms with Gasteiger partial charge in [-0.3, -0.25) is 0 Å². The van der Waals surface area contributed by atoms with Gasteiger partial charge in [-0.15, -0.1) is 11.8 Å². The Labute approximate surface area is 126 Å². The molecule has 0 fully saturated rings. The summed E-state index contributed by atoms with van der Waals surface area (Å²) in [4.78, 5) is 0.931. The fraction of sp³-hybridized carbons (Fsp3) is 0.571. The Bertz CT molecular complexity index is 542. The number of sulfonamides is 1. The molecule has 2 N–H and O–H groups in total. The van der Waals surface area contributed by atoms with Crippen molar-refractivity contribution >= 4 is 27.5 Å². The molecular weight excluding hydrogens is 292 g/mol. The van der Waals surface area contributed by atoms with Crippen LogP contribution in [0.1, 0.15) is 27.2 Å². The number of nitrogens with two attached hydrogens (primary N) is 1. The quantitative estimate of drug-likeness (QED) is 0.620. The third-order valence-corrected chi connectivity index (χ3v) is 7.05. The number of anilines is 1. The summed E-state index contributed by atoms with van der Waals surface area (Å²) in [5.41, 5.74) is 6.18. The van der Waals surface area contributed by atoms with Gasteiger partial charge in [-0.05, 0) is 32.4 Å². The van der Waals surface area contributed by atoms with Gasteiger partial charge >= 0.3 is 0 Å². The average molecular weight is 316 g/mol. The molecule has 0 aliphatic rings. The van der Waals surface area contributed by atoms with Crippen molar-refractivity contribution in [1.82, 2.24) is 4.31 Å². The number of para-hydroxylation sites is 1. The van der Waals surface area contributed by atoms with Gasteiger partial charge in [0.25, 0.3) is 0 Å². The van der Waals surface area contributed by atoms with Crippen LogP contribution in [0.15, 0.2) is 29.2 Å². The van der Waals surface area contributed by atoms with Crippen molar-refractivity contribution in [1.29, 1.82) is 0 Å². The molecule has 1 aromatic carbocycles. The van der Waals surface area contributed by atoms with Crippen LogP contribution >= 0.6 is 11.8 Å². The van der Waals surface area contributed by atoms with Gasteiger partial charge in [-0.2, -0.15) is 4.31 Å². The summed E-state index contributed by atoms with van der Waals surface area (Å²) in [7, 11) is -1.59. The minimum absolute atomic E-state index is 0.117. The van der Waals surface area contributed by atoms with E-state index >= 15 is 0 Å². The lowest BCUT2D eigenvalue weighted by Gasteiger charge is -2.33. The van der Waals surface area contributed by atoms with Crippen LogP contribution in [0.4, 0.5) is 5.69 Å². The van der Waals surface area contributed by atoms with E-state index in [1.165, 1.54) is 16.1 Å². The minimum Gasteiger partial charge on any atom is -0.398 e. The van der Waals surface area contributed by atoms with Gasteiger partial charge in [0.05, 0.1) is 5.75 Å². The van der Waals surface area contributed by atoms with E-state index in [0.717, 1.165) is 11.3 Å². The third-order valence-electron chi connectivity index (χ3n) is 3.65. The standard InChI is InChI=1S/C14H24N2O2S2/c1-5-14(2,3)16(4)20(17,18)11-10-19-13-9-7-6-8-12(13)15/h6-9H,5,10-11,15H2,1-4H3. The van der Waals surface area contributed by atoms with Crippen molar-refractivity contribution in [3.8, 4) is 0 Å². The Kier molecular flexibility index (Phi) is 5.91. The molecule has 1 aromatic rings. The first-order chi connectivity index (χ1) is 9.20. The Balaban J connectivity index is 2.63. The second kappa shape index (κ2) is 6.83. The van der Waals surface area contributed by atoms with Crippen LogP contribution in [-0.4, -0.2) is 36.8 Å². The highest BCUT2D eigenvalue weighted by molar-refractivity contribution is 8.00. The summed E-state index contributed by atoms with van der Waals surface area (Å²) in [5, 5.41) is 0. The van der Waals surface area contributed by atoms with Crippen LogP contribution in [0.5, 0.6) is 0 Å². The molecule has 0 aliphatic carbocycles. The fourth-order valence-corrected chi connectivity index (χ4v) is 4.57. The van der Waals surface area contributed by atoms with Gasteiger partial charge in [-0.1, -0.05) is 19.1 Å². The molecule has 0 saturated heterocycles. The minimum atomic E-state index is -3.24. The molecule has 0 spiro atoms. The molecular formula is C14H24N2O2S2. The summed E-state index contributed by atoms with van der Waals surface area (Å²) in [6, 6.07) is 7.50. The molecule has 0 radical (unpaired) electrons. The summed E-state index contributed by atoms with van der Waals surface area (Å²) >= 11 is 1.48. The fourth-order valence-electron chi connectivity index (χ4n) is 1.61. The maximum Gasteiger partial charge on any atom is 0.215 e. The highest BCUT2D eigenvalue weighted by atomic mass is 32.2. The van der Waals surface area contributed by atoms with E-state index in [-0.39, 0.29) is 11.3 Å². The average Bonchev–Trinajstić information content (AvgIpc) is 2.40. The topological polar surface area (TPSA) is 63.4 Å². The Morgan fingerprint density at radius 3 is 2.45 bits per heavy atom. The summed E-state index contributed by atoms with van der Waals surface area (Å²) in [6.45, 7) is 5.87. The first kappa shape index (κ1) is 17.3. The van der Waals surface area contributed by atoms with Crippen molar-refractivity contribution in [2.75, 3.05) is 24.3 Å². The van der Waals surface area contributed by atoms with Crippen LogP contribution in [0.2, 0.25) is 0 Å². The lowest BCUT2D eigenvalue weighted by atomic mass is 10.0. The number of benzene rings is 1. The molecule has 1 rings (SSSR count). The molecule has 0 aromatic heterocycles. The van der Waals surface area contributed by atoms with E-state index in [0.29, 0.717) is 11.4 Å². The zero-order valence-corrected chi connectivity index (χ0v) is 14.2. The number of hydrogen-bond acceptors (Lipinski definition) is 4. The molecule has 6 heteroatoms. The zero-order chi connectivity index (χ0) is 15.4. The van der Waals surface area contributed by atoms with Crippen LogP contribution in [0.3, 0.4) is 0 Å². The molecule has 0 atom stereocenters. The molecule has 0 unspecified atom stereocenters. The van der Waals surface area contributed by atoms with Crippen molar-refractivity contribution in [2.45, 2.75) is 37.6 Å². The largest absolute Gasteiger partial charge is 0.398 e. The third kappa shape index (κ3) is 4.40. The predicted molar refractivity (Wildman–Crippen MR) is 87.5 cm³/mol. The SMILES string of the molecule is CCC(C)(C)N(C)S(=O)(=O)CCSc1ccccc1N. The number of nitrogens with zero attached hydrogens (tertiary/aromatic N) is 1. The first-order valence-corrected chi connectivity index (χ1v) is 9.24.